The number of rotatable bonds is 7. The Labute approximate surface area is 203 Å². The van der Waals surface area contributed by atoms with Crippen LogP contribution < -0.4 is 20.7 Å². The van der Waals surface area contributed by atoms with Crippen LogP contribution in [0.4, 0.5) is 16.2 Å². The number of nitrogens with one attached hydrogen (secondary N) is 3. The van der Waals surface area contributed by atoms with Crippen LogP contribution in [0, 0.1) is 0 Å². The maximum Gasteiger partial charge on any atom is 0.327 e. The third-order valence-corrected chi connectivity index (χ3v) is 6.12. The van der Waals surface area contributed by atoms with Crippen molar-refractivity contribution in [1.82, 2.24) is 15.1 Å². The first-order chi connectivity index (χ1) is 16.9. The van der Waals surface area contributed by atoms with Crippen LogP contribution in [0.3, 0.4) is 0 Å². The summed E-state index contributed by atoms with van der Waals surface area (Å²) in [5.74, 6) is -0.207. The lowest BCUT2D eigenvalue weighted by atomic mass is 9.93. The van der Waals surface area contributed by atoms with Gasteiger partial charge >= 0.3 is 6.03 Å². The highest BCUT2D eigenvalue weighted by molar-refractivity contribution is 6.03. The summed E-state index contributed by atoms with van der Waals surface area (Å²) in [7, 11) is 1.57. The van der Waals surface area contributed by atoms with Gasteiger partial charge in [-0.2, -0.15) is 0 Å². The highest BCUT2D eigenvalue weighted by Gasteiger charge is 2.47. The Balaban J connectivity index is 1.50. The molecule has 2 aliphatic rings. The Kier molecular flexibility index (Phi) is 7.31. The van der Waals surface area contributed by atoms with Crippen molar-refractivity contribution >= 4 is 35.1 Å². The van der Waals surface area contributed by atoms with Crippen molar-refractivity contribution in [2.75, 3.05) is 30.8 Å². The molecule has 2 unspecified atom stereocenters. The maximum atomic E-state index is 13.4. The molecule has 2 aliphatic heterocycles. The number of hydrogen-bond acceptors (Lipinski definition) is 6. The summed E-state index contributed by atoms with van der Waals surface area (Å²) in [6.07, 6.45) is 1.44. The van der Waals surface area contributed by atoms with Crippen molar-refractivity contribution in [3.05, 3.63) is 54.1 Å². The van der Waals surface area contributed by atoms with Crippen LogP contribution in [0.2, 0.25) is 0 Å². The molecule has 2 aromatic carbocycles. The molecule has 10 nitrogen and oxygen atoms in total. The summed E-state index contributed by atoms with van der Waals surface area (Å²) in [6.45, 7) is 1.98. The van der Waals surface area contributed by atoms with Crippen molar-refractivity contribution < 1.29 is 23.9 Å². The van der Waals surface area contributed by atoms with Gasteiger partial charge in [-0.1, -0.05) is 18.2 Å². The number of fused-ring (bicyclic) bond motifs is 1. The molecule has 2 fully saturated rings. The molecule has 0 spiro atoms. The number of imide groups is 1. The first kappa shape index (κ1) is 24.2. The molecule has 5 amide bonds. The summed E-state index contributed by atoms with van der Waals surface area (Å²) < 4.78 is 5.18. The van der Waals surface area contributed by atoms with Crippen LogP contribution in [-0.4, -0.2) is 65.8 Å². The minimum atomic E-state index is -0.560. The van der Waals surface area contributed by atoms with Crippen molar-refractivity contribution in [3.8, 4) is 5.75 Å². The molecule has 2 atom stereocenters. The fourth-order valence-electron chi connectivity index (χ4n) is 4.50. The van der Waals surface area contributed by atoms with Crippen LogP contribution in [0.1, 0.15) is 25.3 Å². The molecule has 0 aromatic heterocycles. The van der Waals surface area contributed by atoms with Gasteiger partial charge in [0.15, 0.2) is 0 Å². The molecule has 0 radical (unpaired) electrons. The average molecular weight is 480 g/mol. The normalized spacial score (nSPS) is 19.7. The number of ether oxygens (including phenoxy) is 1. The van der Waals surface area contributed by atoms with E-state index in [0.29, 0.717) is 30.1 Å². The number of hydrogen-bond donors (Lipinski definition) is 3. The Morgan fingerprint density at radius 2 is 1.80 bits per heavy atom. The minimum Gasteiger partial charge on any atom is -0.497 e. The third-order valence-electron chi connectivity index (χ3n) is 6.12. The molecule has 0 bridgehead atoms. The number of benzene rings is 2. The minimum absolute atomic E-state index is 0.101. The Morgan fingerprint density at radius 3 is 2.49 bits per heavy atom. The number of anilines is 2. The predicted octanol–water partition coefficient (Wildman–Crippen LogP) is 2.18. The number of urea groups is 1. The SMILES string of the molecule is COc1ccc(CN2C(=O)C3NCCCC3N(CC(=O)Nc3cccc(NC(C)=O)c3)C2=O)cc1. The summed E-state index contributed by atoms with van der Waals surface area (Å²) in [4.78, 5) is 53.5. The second kappa shape index (κ2) is 10.6. The largest absolute Gasteiger partial charge is 0.497 e. The number of nitrogens with zero attached hydrogens (tertiary/aromatic N) is 2. The number of piperidine rings is 1. The summed E-state index contributed by atoms with van der Waals surface area (Å²) in [5.41, 5.74) is 1.83. The summed E-state index contributed by atoms with van der Waals surface area (Å²) in [5, 5.41) is 8.68. The van der Waals surface area contributed by atoms with E-state index in [9.17, 15) is 19.2 Å². The average Bonchev–Trinajstić information content (AvgIpc) is 2.84. The second-order valence-electron chi connectivity index (χ2n) is 8.63. The zero-order valence-electron chi connectivity index (χ0n) is 19.7. The molecular formula is C25H29N5O5. The fourth-order valence-corrected chi connectivity index (χ4v) is 4.50. The van der Waals surface area contributed by atoms with Gasteiger partial charge < -0.3 is 25.6 Å². The van der Waals surface area contributed by atoms with E-state index in [4.69, 9.17) is 4.74 Å². The fraction of sp³-hybridized carbons (Fsp3) is 0.360. The van der Waals surface area contributed by atoms with Crippen molar-refractivity contribution in [3.63, 3.8) is 0 Å². The van der Waals surface area contributed by atoms with E-state index in [1.807, 2.05) is 0 Å². The van der Waals surface area contributed by atoms with Gasteiger partial charge in [-0.25, -0.2) is 4.79 Å². The van der Waals surface area contributed by atoms with Gasteiger partial charge in [0, 0.05) is 18.3 Å². The Morgan fingerprint density at radius 1 is 1.09 bits per heavy atom. The van der Waals surface area contributed by atoms with Crippen molar-refractivity contribution in [2.45, 2.75) is 38.4 Å². The van der Waals surface area contributed by atoms with Gasteiger partial charge in [0.05, 0.1) is 19.7 Å². The van der Waals surface area contributed by atoms with E-state index in [1.54, 1.807) is 55.6 Å². The lowest BCUT2D eigenvalue weighted by Crippen LogP contribution is -2.70. The lowest BCUT2D eigenvalue weighted by Gasteiger charge is -2.46. The second-order valence-corrected chi connectivity index (χ2v) is 8.63. The molecule has 10 heteroatoms. The first-order valence-electron chi connectivity index (χ1n) is 11.5. The van der Waals surface area contributed by atoms with E-state index >= 15 is 0 Å². The standard InChI is InChI=1S/C25H29N5O5/c1-16(31)27-18-5-3-6-19(13-18)28-22(32)15-29-21-7-4-12-26-23(21)24(33)30(25(29)34)14-17-8-10-20(35-2)11-9-17/h3,5-6,8-11,13,21,23,26H,4,7,12,14-15H2,1-2H3,(H,27,31)(H,28,32). The highest BCUT2D eigenvalue weighted by Crippen LogP contribution is 2.26. The van der Waals surface area contributed by atoms with Crippen molar-refractivity contribution in [1.29, 1.82) is 0 Å². The van der Waals surface area contributed by atoms with E-state index in [-0.39, 0.29) is 30.8 Å². The van der Waals surface area contributed by atoms with E-state index < -0.39 is 18.1 Å². The Bertz CT molecular complexity index is 1120. The van der Waals surface area contributed by atoms with Gasteiger partial charge in [0.1, 0.15) is 18.3 Å². The van der Waals surface area contributed by atoms with Crippen LogP contribution in [0.15, 0.2) is 48.5 Å². The summed E-state index contributed by atoms with van der Waals surface area (Å²) >= 11 is 0. The molecule has 35 heavy (non-hydrogen) atoms. The van der Waals surface area contributed by atoms with Gasteiger partial charge in [-0.3, -0.25) is 19.3 Å². The smallest absolute Gasteiger partial charge is 0.327 e. The van der Waals surface area contributed by atoms with Gasteiger partial charge in [-0.15, -0.1) is 0 Å². The third kappa shape index (κ3) is 5.60. The molecule has 0 aliphatic carbocycles. The molecule has 184 valence electrons. The highest BCUT2D eigenvalue weighted by atomic mass is 16.5. The number of carbonyl (C=O) groups is 4. The molecule has 4 rings (SSSR count). The molecule has 2 aromatic rings. The van der Waals surface area contributed by atoms with Crippen LogP contribution in [-0.2, 0) is 20.9 Å². The van der Waals surface area contributed by atoms with Gasteiger partial charge in [0.2, 0.25) is 17.7 Å². The number of methoxy groups -OCH3 is 1. The van der Waals surface area contributed by atoms with Crippen LogP contribution >= 0.6 is 0 Å². The first-order valence-corrected chi connectivity index (χ1v) is 11.5. The quantitative estimate of drug-likeness (QED) is 0.560. The Hall–Kier alpha value is -3.92. The monoisotopic (exact) mass is 479 g/mol. The van der Waals surface area contributed by atoms with E-state index in [0.717, 1.165) is 12.0 Å². The van der Waals surface area contributed by atoms with Gasteiger partial charge in [-0.05, 0) is 55.3 Å². The molecule has 3 N–H and O–H groups in total. The lowest BCUT2D eigenvalue weighted by molar-refractivity contribution is -0.138. The van der Waals surface area contributed by atoms with Crippen molar-refractivity contribution in [2.24, 2.45) is 0 Å². The van der Waals surface area contributed by atoms with E-state index in [1.165, 1.54) is 16.7 Å². The number of amides is 5. The van der Waals surface area contributed by atoms with Crippen LogP contribution in [0.5, 0.6) is 5.75 Å². The predicted molar refractivity (Wildman–Crippen MR) is 130 cm³/mol. The summed E-state index contributed by atoms with van der Waals surface area (Å²) in [6, 6.07) is 12.5. The topological polar surface area (TPSA) is 120 Å². The molecule has 2 heterocycles. The molecule has 2 saturated heterocycles. The molecular weight excluding hydrogens is 450 g/mol. The zero-order valence-corrected chi connectivity index (χ0v) is 19.7. The zero-order chi connectivity index (χ0) is 24.9. The van der Waals surface area contributed by atoms with Gasteiger partial charge in [0.25, 0.3) is 0 Å². The maximum absolute atomic E-state index is 13.4. The molecule has 0 saturated carbocycles. The van der Waals surface area contributed by atoms with E-state index in [2.05, 4.69) is 16.0 Å². The van der Waals surface area contributed by atoms with Crippen LogP contribution in [0.25, 0.3) is 0 Å². The number of carbonyl (C=O) groups excluding carboxylic acids is 4.